The van der Waals surface area contributed by atoms with Crippen LogP contribution in [0, 0.1) is 0 Å². The van der Waals surface area contributed by atoms with Crippen molar-refractivity contribution in [2.24, 2.45) is 0 Å². The first-order chi connectivity index (χ1) is 8.75. The van der Waals surface area contributed by atoms with Crippen molar-refractivity contribution in [3.8, 4) is 0 Å². The molecule has 0 aliphatic rings. The molecule has 0 amide bonds. The van der Waals surface area contributed by atoms with E-state index in [4.69, 9.17) is 0 Å². The fourth-order valence-electron chi connectivity index (χ4n) is 1.33. The molecule has 0 aliphatic carbocycles. The molecule has 0 radical (unpaired) electrons. The van der Waals surface area contributed by atoms with Gasteiger partial charge < -0.3 is 0 Å². The van der Waals surface area contributed by atoms with Crippen LogP contribution in [0.1, 0.15) is 32.6 Å². The van der Waals surface area contributed by atoms with E-state index in [0.717, 1.165) is 0 Å². The van der Waals surface area contributed by atoms with Gasteiger partial charge in [-0.05, 0) is 6.42 Å². The summed E-state index contributed by atoms with van der Waals surface area (Å²) in [7, 11) is 0. The van der Waals surface area contributed by atoms with E-state index in [-0.39, 0.29) is 12.8 Å². The summed E-state index contributed by atoms with van der Waals surface area (Å²) >= 11 is 0. The molecule has 10 heteroatoms. The molecule has 0 fully saturated rings. The lowest BCUT2D eigenvalue weighted by molar-refractivity contribution is -0.384. The average Bonchev–Trinajstić information content (AvgIpc) is 2.28. The van der Waals surface area contributed by atoms with Gasteiger partial charge in [-0.15, -0.1) is 0 Å². The number of unbranched alkanes of at least 4 members (excludes halogenated alkanes) is 2. The average molecular weight is 322 g/mol. The summed E-state index contributed by atoms with van der Waals surface area (Å²) in [4.78, 5) is 0. The molecule has 0 N–H and O–H groups in total. The van der Waals surface area contributed by atoms with Crippen LogP contribution in [0.3, 0.4) is 0 Å². The summed E-state index contributed by atoms with van der Waals surface area (Å²) in [6, 6.07) is 0. The number of rotatable bonds is 8. The van der Waals surface area contributed by atoms with Gasteiger partial charge >= 0.3 is 30.1 Å². The molecule has 0 heterocycles. The first kappa shape index (κ1) is 19.3. The predicted octanol–water partition coefficient (Wildman–Crippen LogP) is 5.37. The maximum Gasteiger partial charge on any atom is 0.384 e. The molecule has 0 aromatic heterocycles. The highest BCUT2D eigenvalue weighted by Gasteiger charge is 2.82. The molecular weight excluding hydrogens is 310 g/mol. The van der Waals surface area contributed by atoms with E-state index in [1.54, 1.807) is 0 Å². The predicted molar refractivity (Wildman–Crippen MR) is 49.9 cm³/mol. The quantitative estimate of drug-likeness (QED) is 0.416. The molecule has 0 aromatic carbocycles. The second kappa shape index (κ2) is 5.97. The van der Waals surface area contributed by atoms with Gasteiger partial charge in [0, 0.05) is 6.42 Å². The SMILES string of the molecule is CCCCCC(F)(F)C(F)(F)C(F)(F)C(F)(F)C(F)F. The minimum atomic E-state index is -6.87. The number of hydrogen-bond donors (Lipinski definition) is 0. The van der Waals surface area contributed by atoms with Crippen LogP contribution in [0.15, 0.2) is 0 Å². The van der Waals surface area contributed by atoms with E-state index < -0.39 is 43.0 Å². The Kier molecular flexibility index (Phi) is 5.76. The zero-order valence-electron chi connectivity index (χ0n) is 10.2. The fraction of sp³-hybridized carbons (Fsp3) is 1.00. The van der Waals surface area contributed by atoms with Crippen LogP contribution in [0.4, 0.5) is 43.9 Å². The van der Waals surface area contributed by atoms with Gasteiger partial charge in [-0.1, -0.05) is 19.8 Å². The lowest BCUT2D eigenvalue weighted by Gasteiger charge is -2.36. The molecule has 0 nitrogen and oxygen atoms in total. The Bertz CT molecular complexity index is 309. The fourth-order valence-corrected chi connectivity index (χ4v) is 1.33. The van der Waals surface area contributed by atoms with Crippen LogP contribution in [0.2, 0.25) is 0 Å². The van der Waals surface area contributed by atoms with Crippen LogP contribution >= 0.6 is 0 Å². The number of halogens is 10. The summed E-state index contributed by atoms with van der Waals surface area (Å²) in [6.07, 6.45) is -7.37. The largest absolute Gasteiger partial charge is 0.384 e. The summed E-state index contributed by atoms with van der Waals surface area (Å²) < 4.78 is 126. The topological polar surface area (TPSA) is 0 Å². The lowest BCUT2D eigenvalue weighted by atomic mass is 9.95. The molecule has 0 rings (SSSR count). The molecule has 0 aliphatic heterocycles. The monoisotopic (exact) mass is 322 g/mol. The number of alkyl halides is 10. The third-order valence-corrected chi connectivity index (χ3v) is 2.64. The normalized spacial score (nSPS) is 15.0. The smallest absolute Gasteiger partial charge is 0.203 e. The van der Waals surface area contributed by atoms with Crippen molar-refractivity contribution in [1.82, 2.24) is 0 Å². The van der Waals surface area contributed by atoms with Gasteiger partial charge in [0.2, 0.25) is 0 Å². The highest BCUT2D eigenvalue weighted by Crippen LogP contribution is 2.55. The third-order valence-electron chi connectivity index (χ3n) is 2.64. The molecule has 0 atom stereocenters. The van der Waals surface area contributed by atoms with Crippen molar-refractivity contribution in [3.63, 3.8) is 0 Å². The second-order valence-electron chi connectivity index (χ2n) is 4.23. The Morgan fingerprint density at radius 2 is 1.20 bits per heavy atom. The minimum Gasteiger partial charge on any atom is -0.203 e. The van der Waals surface area contributed by atoms with Gasteiger partial charge in [0.25, 0.3) is 0 Å². The van der Waals surface area contributed by atoms with Crippen molar-refractivity contribution in [1.29, 1.82) is 0 Å². The zero-order valence-corrected chi connectivity index (χ0v) is 10.2. The Morgan fingerprint density at radius 1 is 0.750 bits per heavy atom. The van der Waals surface area contributed by atoms with Crippen molar-refractivity contribution in [3.05, 3.63) is 0 Å². The standard InChI is InChI=1S/C10H12F10/c1-2-3-4-5-7(13,14)9(17,18)10(19,20)8(15,16)6(11)12/h6H,2-5H2,1H3. The van der Waals surface area contributed by atoms with E-state index >= 15 is 0 Å². The van der Waals surface area contributed by atoms with Gasteiger partial charge in [-0.25, -0.2) is 8.78 Å². The van der Waals surface area contributed by atoms with Gasteiger partial charge in [0.1, 0.15) is 0 Å². The van der Waals surface area contributed by atoms with Crippen molar-refractivity contribution in [2.45, 2.75) is 62.7 Å². The first-order valence-corrected chi connectivity index (χ1v) is 5.55. The third kappa shape index (κ3) is 3.13. The van der Waals surface area contributed by atoms with E-state index in [0.29, 0.717) is 0 Å². The van der Waals surface area contributed by atoms with Crippen LogP contribution in [0.5, 0.6) is 0 Å². The van der Waals surface area contributed by atoms with E-state index in [9.17, 15) is 43.9 Å². The van der Waals surface area contributed by atoms with Gasteiger partial charge in [-0.2, -0.15) is 35.1 Å². The Morgan fingerprint density at radius 3 is 1.55 bits per heavy atom. The molecule has 0 saturated carbocycles. The van der Waals surface area contributed by atoms with E-state index in [1.165, 1.54) is 6.92 Å². The van der Waals surface area contributed by atoms with Crippen LogP contribution in [-0.4, -0.2) is 30.1 Å². The summed E-state index contributed by atoms with van der Waals surface area (Å²) in [5, 5.41) is 0. The first-order valence-electron chi connectivity index (χ1n) is 5.55. The summed E-state index contributed by atoms with van der Waals surface area (Å²) in [6.45, 7) is 1.50. The lowest BCUT2D eigenvalue weighted by Crippen LogP contribution is -2.64. The molecule has 0 spiro atoms. The molecule has 0 saturated heterocycles. The highest BCUT2D eigenvalue weighted by molar-refractivity contribution is 5.04. The maximum absolute atomic E-state index is 13.0. The van der Waals surface area contributed by atoms with Crippen LogP contribution in [-0.2, 0) is 0 Å². The van der Waals surface area contributed by atoms with Crippen LogP contribution in [0.25, 0.3) is 0 Å². The summed E-state index contributed by atoms with van der Waals surface area (Å²) in [5.74, 6) is -25.5. The van der Waals surface area contributed by atoms with Crippen molar-refractivity contribution in [2.75, 3.05) is 0 Å². The molecular formula is C10H12F10. The van der Waals surface area contributed by atoms with E-state index in [2.05, 4.69) is 0 Å². The highest BCUT2D eigenvalue weighted by atomic mass is 19.4. The molecule has 0 bridgehead atoms. The minimum absolute atomic E-state index is 0.0253. The van der Waals surface area contributed by atoms with Gasteiger partial charge in [0.05, 0.1) is 0 Å². The Hall–Kier alpha value is -0.700. The molecule has 0 aromatic rings. The molecule has 0 unspecified atom stereocenters. The molecule has 122 valence electrons. The second-order valence-corrected chi connectivity index (χ2v) is 4.23. The van der Waals surface area contributed by atoms with Crippen LogP contribution < -0.4 is 0 Å². The molecule has 20 heavy (non-hydrogen) atoms. The maximum atomic E-state index is 13.0. The Labute approximate surface area is 108 Å². The Balaban J connectivity index is 5.37. The number of hydrogen-bond acceptors (Lipinski definition) is 0. The zero-order chi connectivity index (χ0) is 16.4. The van der Waals surface area contributed by atoms with Gasteiger partial charge in [0.15, 0.2) is 0 Å². The van der Waals surface area contributed by atoms with E-state index in [1.807, 2.05) is 0 Å². The van der Waals surface area contributed by atoms with Gasteiger partial charge in [-0.3, -0.25) is 0 Å². The van der Waals surface area contributed by atoms with Crippen molar-refractivity contribution < 1.29 is 43.9 Å². The van der Waals surface area contributed by atoms with Crippen molar-refractivity contribution >= 4 is 0 Å². The summed E-state index contributed by atoms with van der Waals surface area (Å²) in [5.41, 5.74) is 0.